The van der Waals surface area contributed by atoms with Gasteiger partial charge in [0.2, 0.25) is 15.9 Å². The van der Waals surface area contributed by atoms with Crippen LogP contribution in [0.15, 0.2) is 72.1 Å². The van der Waals surface area contributed by atoms with Gasteiger partial charge in [0, 0.05) is 19.3 Å². The summed E-state index contributed by atoms with van der Waals surface area (Å²) in [6.45, 7) is 2.99. The van der Waals surface area contributed by atoms with Gasteiger partial charge >= 0.3 is 0 Å². The molecule has 0 radical (unpaired) electrons. The predicted octanol–water partition coefficient (Wildman–Crippen LogP) is 2.67. The van der Waals surface area contributed by atoms with Crippen LogP contribution in [0.3, 0.4) is 0 Å². The van der Waals surface area contributed by atoms with E-state index < -0.39 is 33.2 Å². The molecule has 2 aromatic carbocycles. The van der Waals surface area contributed by atoms with Crippen LogP contribution in [-0.4, -0.2) is 38.8 Å². The lowest BCUT2D eigenvalue weighted by Crippen LogP contribution is -2.41. The van der Waals surface area contributed by atoms with Gasteiger partial charge in [-0.25, -0.2) is 12.8 Å². The van der Waals surface area contributed by atoms with Crippen LogP contribution in [0, 0.1) is 5.82 Å². The van der Waals surface area contributed by atoms with Gasteiger partial charge in [0.15, 0.2) is 0 Å². The Labute approximate surface area is 147 Å². The van der Waals surface area contributed by atoms with E-state index in [0.717, 1.165) is 10.4 Å². The minimum absolute atomic E-state index is 0.106. The van der Waals surface area contributed by atoms with Crippen LogP contribution in [0.1, 0.15) is 0 Å². The molecule has 0 unspecified atom stereocenters. The molecular formula is C18H19FN2O3S. The molecule has 25 heavy (non-hydrogen) atoms. The molecule has 0 aliphatic rings. The van der Waals surface area contributed by atoms with Gasteiger partial charge < -0.3 is 4.90 Å². The molecule has 1 amide bonds. The highest BCUT2D eigenvalue weighted by molar-refractivity contribution is 7.89. The zero-order valence-electron chi connectivity index (χ0n) is 13.8. The standard InChI is InChI=1S/C18H19FN2O3S/c1-3-13-21(25(23,24)17-12-8-7-11-16(17)19)14-18(22)20(2)15-9-5-4-6-10-15/h3-12H,1,13-14H2,2H3. The fourth-order valence-electron chi connectivity index (χ4n) is 2.24. The molecule has 0 spiro atoms. The maximum Gasteiger partial charge on any atom is 0.246 e. The van der Waals surface area contributed by atoms with E-state index in [1.165, 1.54) is 29.2 Å². The van der Waals surface area contributed by atoms with E-state index in [1.807, 2.05) is 6.07 Å². The van der Waals surface area contributed by atoms with Crippen LogP contribution >= 0.6 is 0 Å². The van der Waals surface area contributed by atoms with E-state index in [4.69, 9.17) is 0 Å². The Morgan fingerprint density at radius 3 is 2.32 bits per heavy atom. The first kappa shape index (κ1) is 18.8. The molecule has 0 atom stereocenters. The number of likely N-dealkylation sites (N-methyl/N-ethyl adjacent to an activating group) is 1. The lowest BCUT2D eigenvalue weighted by atomic mass is 10.3. The summed E-state index contributed by atoms with van der Waals surface area (Å²) in [6.07, 6.45) is 1.36. The highest BCUT2D eigenvalue weighted by Gasteiger charge is 2.29. The van der Waals surface area contributed by atoms with Crippen molar-refractivity contribution >= 4 is 21.6 Å². The number of carbonyl (C=O) groups is 1. The van der Waals surface area contributed by atoms with E-state index in [0.29, 0.717) is 5.69 Å². The van der Waals surface area contributed by atoms with Crippen molar-refractivity contribution in [2.24, 2.45) is 0 Å². The molecule has 132 valence electrons. The van der Waals surface area contributed by atoms with Crippen LogP contribution in [0.4, 0.5) is 10.1 Å². The lowest BCUT2D eigenvalue weighted by Gasteiger charge is -2.24. The van der Waals surface area contributed by atoms with Crippen LogP contribution in [0.2, 0.25) is 0 Å². The highest BCUT2D eigenvalue weighted by Crippen LogP contribution is 2.20. The molecule has 2 rings (SSSR count). The molecule has 0 bridgehead atoms. The number of carbonyl (C=O) groups excluding carboxylic acids is 1. The van der Waals surface area contributed by atoms with Crippen molar-refractivity contribution in [3.63, 3.8) is 0 Å². The second kappa shape index (κ2) is 8.04. The fourth-order valence-corrected chi connectivity index (χ4v) is 3.66. The molecule has 0 aliphatic carbocycles. The number of halogens is 1. The molecule has 0 aromatic heterocycles. The predicted molar refractivity (Wildman–Crippen MR) is 95.2 cm³/mol. The van der Waals surface area contributed by atoms with Crippen molar-refractivity contribution < 1.29 is 17.6 Å². The van der Waals surface area contributed by atoms with E-state index in [-0.39, 0.29) is 6.54 Å². The SMILES string of the molecule is C=CCN(CC(=O)N(C)c1ccccc1)S(=O)(=O)c1ccccc1F. The van der Waals surface area contributed by atoms with Gasteiger partial charge in [-0.2, -0.15) is 4.31 Å². The van der Waals surface area contributed by atoms with Gasteiger partial charge in [-0.1, -0.05) is 36.4 Å². The monoisotopic (exact) mass is 362 g/mol. The Hall–Kier alpha value is -2.51. The summed E-state index contributed by atoms with van der Waals surface area (Å²) in [4.78, 5) is 13.4. The maximum atomic E-state index is 13.9. The van der Waals surface area contributed by atoms with Crippen molar-refractivity contribution in [3.8, 4) is 0 Å². The van der Waals surface area contributed by atoms with E-state index >= 15 is 0 Å². The molecule has 0 saturated carbocycles. The summed E-state index contributed by atoms with van der Waals surface area (Å²) in [5.41, 5.74) is 0.634. The van der Waals surface area contributed by atoms with Gasteiger partial charge in [-0.05, 0) is 24.3 Å². The first-order valence-corrected chi connectivity index (χ1v) is 8.99. The number of sulfonamides is 1. The Morgan fingerprint density at radius 2 is 1.72 bits per heavy atom. The van der Waals surface area contributed by atoms with Crippen molar-refractivity contribution in [2.75, 3.05) is 25.0 Å². The molecule has 0 saturated heterocycles. The third kappa shape index (κ3) is 4.32. The first-order valence-electron chi connectivity index (χ1n) is 7.55. The molecule has 0 N–H and O–H groups in total. The molecular weight excluding hydrogens is 343 g/mol. The normalized spacial score (nSPS) is 11.3. The quantitative estimate of drug-likeness (QED) is 0.712. The number of benzene rings is 2. The molecule has 5 nitrogen and oxygen atoms in total. The van der Waals surface area contributed by atoms with Gasteiger partial charge in [0.25, 0.3) is 0 Å². The third-order valence-electron chi connectivity index (χ3n) is 3.62. The molecule has 0 aliphatic heterocycles. The highest BCUT2D eigenvalue weighted by atomic mass is 32.2. The summed E-state index contributed by atoms with van der Waals surface area (Å²) in [6, 6.07) is 13.9. The average molecular weight is 362 g/mol. The average Bonchev–Trinajstić information content (AvgIpc) is 2.61. The minimum Gasteiger partial charge on any atom is -0.314 e. The maximum absolute atomic E-state index is 13.9. The summed E-state index contributed by atoms with van der Waals surface area (Å²) in [5, 5.41) is 0. The zero-order chi connectivity index (χ0) is 18.4. The van der Waals surface area contributed by atoms with Crippen LogP contribution in [0.5, 0.6) is 0 Å². The van der Waals surface area contributed by atoms with Gasteiger partial charge in [-0.15, -0.1) is 6.58 Å². The van der Waals surface area contributed by atoms with Crippen molar-refractivity contribution in [3.05, 3.63) is 73.1 Å². The summed E-state index contributed by atoms with van der Waals surface area (Å²) < 4.78 is 40.2. The fraction of sp³-hybridized carbons (Fsp3) is 0.167. The smallest absolute Gasteiger partial charge is 0.246 e. The summed E-state index contributed by atoms with van der Waals surface area (Å²) >= 11 is 0. The first-order chi connectivity index (χ1) is 11.9. The van der Waals surface area contributed by atoms with Crippen LogP contribution in [0.25, 0.3) is 0 Å². The number of anilines is 1. The zero-order valence-corrected chi connectivity index (χ0v) is 14.6. The van der Waals surface area contributed by atoms with Crippen molar-refractivity contribution in [1.82, 2.24) is 4.31 Å². The number of hydrogen-bond donors (Lipinski definition) is 0. The Bertz CT molecular complexity index is 854. The van der Waals surface area contributed by atoms with E-state index in [1.54, 1.807) is 31.3 Å². The Morgan fingerprint density at radius 1 is 1.12 bits per heavy atom. The second-order valence-electron chi connectivity index (χ2n) is 5.30. The number of para-hydroxylation sites is 1. The molecule has 0 fully saturated rings. The van der Waals surface area contributed by atoms with Crippen molar-refractivity contribution in [1.29, 1.82) is 0 Å². The van der Waals surface area contributed by atoms with E-state index in [9.17, 15) is 17.6 Å². The number of nitrogens with zero attached hydrogens (tertiary/aromatic N) is 2. The molecule has 2 aromatic rings. The van der Waals surface area contributed by atoms with Gasteiger partial charge in [0.1, 0.15) is 10.7 Å². The Balaban J connectivity index is 2.28. The number of rotatable bonds is 7. The third-order valence-corrected chi connectivity index (χ3v) is 5.46. The largest absolute Gasteiger partial charge is 0.314 e. The van der Waals surface area contributed by atoms with Gasteiger partial charge in [-0.3, -0.25) is 4.79 Å². The van der Waals surface area contributed by atoms with Crippen LogP contribution < -0.4 is 4.90 Å². The molecule has 7 heteroatoms. The van der Waals surface area contributed by atoms with E-state index in [2.05, 4.69) is 6.58 Å². The topological polar surface area (TPSA) is 57.7 Å². The number of amides is 1. The second-order valence-corrected chi connectivity index (χ2v) is 7.21. The molecule has 0 heterocycles. The van der Waals surface area contributed by atoms with Crippen molar-refractivity contribution in [2.45, 2.75) is 4.90 Å². The van der Waals surface area contributed by atoms with Crippen LogP contribution in [-0.2, 0) is 14.8 Å². The van der Waals surface area contributed by atoms with Gasteiger partial charge in [0.05, 0.1) is 6.54 Å². The summed E-state index contributed by atoms with van der Waals surface area (Å²) in [7, 11) is -2.61. The summed E-state index contributed by atoms with van der Waals surface area (Å²) in [5.74, 6) is -1.30. The minimum atomic E-state index is -4.17. The Kier molecular flexibility index (Phi) is 6.06. The lowest BCUT2D eigenvalue weighted by molar-refractivity contribution is -0.118. The number of hydrogen-bond acceptors (Lipinski definition) is 3.